The molecule has 1 N–H and O–H groups in total. The van der Waals surface area contributed by atoms with Gasteiger partial charge in [0.2, 0.25) is 0 Å². The van der Waals surface area contributed by atoms with E-state index in [-0.39, 0.29) is 5.56 Å². The molecule has 0 amide bonds. The number of aryl methyl sites for hydroxylation is 1. The molecule has 0 aliphatic carbocycles. The SMILES string of the molecule is Cc1cc(-c2ccncc2F)nc(=O)[nH]1. The number of pyridine rings is 1. The van der Waals surface area contributed by atoms with Crippen LogP contribution in [0.2, 0.25) is 0 Å². The van der Waals surface area contributed by atoms with Gasteiger partial charge < -0.3 is 4.98 Å². The molecule has 0 radical (unpaired) electrons. The van der Waals surface area contributed by atoms with Crippen molar-refractivity contribution in [3.05, 3.63) is 46.5 Å². The van der Waals surface area contributed by atoms with Crippen LogP contribution >= 0.6 is 0 Å². The maximum absolute atomic E-state index is 13.3. The van der Waals surface area contributed by atoms with Crippen LogP contribution in [0.1, 0.15) is 5.69 Å². The highest BCUT2D eigenvalue weighted by atomic mass is 19.1. The molecule has 4 nitrogen and oxygen atoms in total. The lowest BCUT2D eigenvalue weighted by molar-refractivity contribution is 0.624. The Morgan fingerprint density at radius 1 is 1.47 bits per heavy atom. The lowest BCUT2D eigenvalue weighted by atomic mass is 10.1. The number of aromatic amines is 1. The molecular formula is C10H8FN3O. The summed E-state index contributed by atoms with van der Waals surface area (Å²) in [5.74, 6) is -0.491. The summed E-state index contributed by atoms with van der Waals surface area (Å²) in [7, 11) is 0. The Labute approximate surface area is 84.8 Å². The molecule has 5 heteroatoms. The molecule has 2 heterocycles. The Bertz CT molecular complexity index is 550. The van der Waals surface area contributed by atoms with Crippen molar-refractivity contribution in [2.24, 2.45) is 0 Å². The third kappa shape index (κ3) is 1.90. The van der Waals surface area contributed by atoms with Crippen LogP contribution < -0.4 is 5.69 Å². The highest BCUT2D eigenvalue weighted by molar-refractivity contribution is 5.58. The van der Waals surface area contributed by atoms with E-state index < -0.39 is 11.5 Å². The molecule has 0 bridgehead atoms. The van der Waals surface area contributed by atoms with Crippen LogP contribution in [0.15, 0.2) is 29.3 Å². The van der Waals surface area contributed by atoms with E-state index in [1.54, 1.807) is 13.0 Å². The summed E-state index contributed by atoms with van der Waals surface area (Å²) in [6.07, 6.45) is 2.55. The summed E-state index contributed by atoms with van der Waals surface area (Å²) in [6.45, 7) is 1.71. The van der Waals surface area contributed by atoms with Crippen LogP contribution in [0.3, 0.4) is 0 Å². The van der Waals surface area contributed by atoms with Gasteiger partial charge in [-0.15, -0.1) is 0 Å². The van der Waals surface area contributed by atoms with E-state index in [2.05, 4.69) is 15.0 Å². The molecule has 76 valence electrons. The van der Waals surface area contributed by atoms with Gasteiger partial charge in [0.05, 0.1) is 11.9 Å². The van der Waals surface area contributed by atoms with Crippen molar-refractivity contribution >= 4 is 0 Å². The molecule has 2 aromatic rings. The molecule has 0 aliphatic rings. The fraction of sp³-hybridized carbons (Fsp3) is 0.100. The first-order valence-corrected chi connectivity index (χ1v) is 4.34. The zero-order valence-electron chi connectivity index (χ0n) is 7.99. The monoisotopic (exact) mass is 205 g/mol. The summed E-state index contributed by atoms with van der Waals surface area (Å²) in [5, 5.41) is 0. The molecule has 0 aromatic carbocycles. The van der Waals surface area contributed by atoms with Crippen LogP contribution in [0.25, 0.3) is 11.3 Å². The number of nitrogens with zero attached hydrogens (tertiary/aromatic N) is 2. The smallest absolute Gasteiger partial charge is 0.310 e. The van der Waals surface area contributed by atoms with Gasteiger partial charge in [-0.05, 0) is 19.1 Å². The maximum Gasteiger partial charge on any atom is 0.345 e. The minimum Gasteiger partial charge on any atom is -0.310 e. The van der Waals surface area contributed by atoms with Gasteiger partial charge in [0, 0.05) is 17.5 Å². The number of halogens is 1. The molecular weight excluding hydrogens is 197 g/mol. The quantitative estimate of drug-likeness (QED) is 0.762. The van der Waals surface area contributed by atoms with Crippen molar-refractivity contribution in [3.8, 4) is 11.3 Å². The molecule has 2 rings (SSSR count). The summed E-state index contributed by atoms with van der Waals surface area (Å²) >= 11 is 0. The van der Waals surface area contributed by atoms with Crippen molar-refractivity contribution < 1.29 is 4.39 Å². The Balaban J connectivity index is 2.64. The fourth-order valence-corrected chi connectivity index (χ4v) is 1.30. The molecule has 0 spiro atoms. The topological polar surface area (TPSA) is 58.6 Å². The van der Waals surface area contributed by atoms with Gasteiger partial charge in [-0.1, -0.05) is 0 Å². The number of hydrogen-bond donors (Lipinski definition) is 1. The van der Waals surface area contributed by atoms with E-state index in [1.807, 2.05) is 0 Å². The fourth-order valence-electron chi connectivity index (χ4n) is 1.30. The van der Waals surface area contributed by atoms with Crippen molar-refractivity contribution in [1.29, 1.82) is 0 Å². The van der Waals surface area contributed by atoms with Crippen molar-refractivity contribution in [2.75, 3.05) is 0 Å². The Morgan fingerprint density at radius 3 is 2.93 bits per heavy atom. The lowest BCUT2D eigenvalue weighted by Gasteiger charge is -2.01. The van der Waals surface area contributed by atoms with E-state index in [4.69, 9.17) is 0 Å². The number of rotatable bonds is 1. The van der Waals surface area contributed by atoms with Gasteiger partial charge in [-0.25, -0.2) is 9.18 Å². The highest BCUT2D eigenvalue weighted by Gasteiger charge is 2.06. The molecule has 2 aromatic heterocycles. The molecule has 0 fully saturated rings. The van der Waals surface area contributed by atoms with E-state index in [0.717, 1.165) is 6.20 Å². The van der Waals surface area contributed by atoms with E-state index in [1.165, 1.54) is 12.3 Å². The molecule has 0 saturated carbocycles. The lowest BCUT2D eigenvalue weighted by Crippen LogP contribution is -2.12. The predicted molar refractivity (Wildman–Crippen MR) is 52.8 cm³/mol. The third-order valence-electron chi connectivity index (χ3n) is 1.93. The van der Waals surface area contributed by atoms with Gasteiger partial charge >= 0.3 is 5.69 Å². The number of hydrogen-bond acceptors (Lipinski definition) is 3. The second-order valence-corrected chi connectivity index (χ2v) is 3.11. The van der Waals surface area contributed by atoms with Crippen LogP contribution in [-0.2, 0) is 0 Å². The van der Waals surface area contributed by atoms with Crippen LogP contribution in [0, 0.1) is 12.7 Å². The Morgan fingerprint density at radius 2 is 2.27 bits per heavy atom. The predicted octanol–water partition coefficient (Wildman–Crippen LogP) is 1.28. The summed E-state index contributed by atoms with van der Waals surface area (Å²) in [6, 6.07) is 3.09. The standard InChI is InChI=1S/C10H8FN3O/c1-6-4-9(14-10(15)13-6)7-2-3-12-5-8(7)11/h2-5H,1H3,(H,13,14,15). The second-order valence-electron chi connectivity index (χ2n) is 3.11. The van der Waals surface area contributed by atoms with Gasteiger partial charge in [0.1, 0.15) is 0 Å². The number of H-pyrrole nitrogens is 1. The van der Waals surface area contributed by atoms with Crippen LogP contribution in [0.4, 0.5) is 4.39 Å². The average molecular weight is 205 g/mol. The number of nitrogens with one attached hydrogen (secondary N) is 1. The van der Waals surface area contributed by atoms with Gasteiger partial charge in [-0.3, -0.25) is 4.98 Å². The maximum atomic E-state index is 13.3. The largest absolute Gasteiger partial charge is 0.345 e. The molecule has 0 aliphatic heterocycles. The summed E-state index contributed by atoms with van der Waals surface area (Å²) in [5.41, 5.74) is 0.748. The van der Waals surface area contributed by atoms with Gasteiger partial charge in [0.25, 0.3) is 0 Å². The van der Waals surface area contributed by atoms with Gasteiger partial charge in [-0.2, -0.15) is 4.98 Å². The van der Waals surface area contributed by atoms with E-state index in [0.29, 0.717) is 11.4 Å². The zero-order valence-corrected chi connectivity index (χ0v) is 7.99. The second kappa shape index (κ2) is 3.61. The summed E-state index contributed by atoms with van der Waals surface area (Å²) in [4.78, 5) is 20.9. The first kappa shape index (κ1) is 9.51. The number of aromatic nitrogens is 3. The minimum absolute atomic E-state index is 0.277. The third-order valence-corrected chi connectivity index (χ3v) is 1.93. The summed E-state index contributed by atoms with van der Waals surface area (Å²) < 4.78 is 13.3. The Kier molecular flexibility index (Phi) is 2.29. The first-order valence-electron chi connectivity index (χ1n) is 4.34. The normalized spacial score (nSPS) is 10.3. The molecule has 0 saturated heterocycles. The average Bonchev–Trinajstić information content (AvgIpc) is 2.16. The zero-order chi connectivity index (χ0) is 10.8. The first-order chi connectivity index (χ1) is 7.16. The highest BCUT2D eigenvalue weighted by Crippen LogP contribution is 2.18. The van der Waals surface area contributed by atoms with Crippen LogP contribution in [0.5, 0.6) is 0 Å². The molecule has 15 heavy (non-hydrogen) atoms. The van der Waals surface area contributed by atoms with Gasteiger partial charge in [0.15, 0.2) is 5.82 Å². The van der Waals surface area contributed by atoms with Crippen molar-refractivity contribution in [3.63, 3.8) is 0 Å². The van der Waals surface area contributed by atoms with Crippen molar-refractivity contribution in [1.82, 2.24) is 15.0 Å². The van der Waals surface area contributed by atoms with Crippen LogP contribution in [-0.4, -0.2) is 15.0 Å². The van der Waals surface area contributed by atoms with E-state index >= 15 is 0 Å². The Hall–Kier alpha value is -2.04. The molecule has 0 unspecified atom stereocenters. The minimum atomic E-state index is -0.491. The van der Waals surface area contributed by atoms with Crippen molar-refractivity contribution in [2.45, 2.75) is 6.92 Å². The molecule has 0 atom stereocenters. The van der Waals surface area contributed by atoms with E-state index in [9.17, 15) is 9.18 Å².